The Kier molecular flexibility index (Phi) is 6.43. The minimum atomic E-state index is -4.10. The first kappa shape index (κ1) is 21.4. The van der Waals surface area contributed by atoms with Crippen LogP contribution in [0.2, 0.25) is 0 Å². The van der Waals surface area contributed by atoms with Gasteiger partial charge in [-0.3, -0.25) is 19.7 Å². The second kappa shape index (κ2) is 9.01. The Morgan fingerprint density at radius 3 is 2.33 bits per heavy atom. The molecule has 0 radical (unpaired) electrons. The number of benzene rings is 2. The first-order valence-electron chi connectivity index (χ1n) is 9.20. The van der Waals surface area contributed by atoms with E-state index in [1.807, 2.05) is 0 Å². The molecule has 3 rings (SSSR count). The lowest BCUT2D eigenvalue weighted by atomic mass is 10.2. The molecule has 0 spiro atoms. The second-order valence-electron chi connectivity index (χ2n) is 6.72. The quantitative estimate of drug-likeness (QED) is 0.312. The molecule has 2 aromatic rings. The predicted octanol–water partition coefficient (Wildman–Crippen LogP) is 1.65. The van der Waals surface area contributed by atoms with Gasteiger partial charge >= 0.3 is 0 Å². The van der Waals surface area contributed by atoms with Gasteiger partial charge in [0.25, 0.3) is 11.6 Å². The molecular weight excluding hydrogens is 412 g/mol. The number of nitro groups is 1. The maximum absolute atomic E-state index is 12.3. The topological polar surface area (TPSA) is 148 Å². The first-order valence-corrected chi connectivity index (χ1v) is 10.7. The number of carbonyl (C=O) groups excluding carboxylic acids is 2. The second-order valence-corrected chi connectivity index (χ2v) is 8.45. The fourth-order valence-electron chi connectivity index (χ4n) is 2.67. The number of sulfonamides is 1. The van der Waals surface area contributed by atoms with Gasteiger partial charge in [0.1, 0.15) is 0 Å². The van der Waals surface area contributed by atoms with Gasteiger partial charge in [-0.25, -0.2) is 13.1 Å². The molecule has 158 valence electrons. The molecule has 10 nitrogen and oxygen atoms in total. The molecule has 0 aromatic heterocycles. The Labute approximate surface area is 172 Å². The van der Waals surface area contributed by atoms with Gasteiger partial charge in [-0.2, -0.15) is 0 Å². The molecule has 3 N–H and O–H groups in total. The maximum atomic E-state index is 12.3. The van der Waals surface area contributed by atoms with Crippen molar-refractivity contribution in [2.75, 3.05) is 18.4 Å². The largest absolute Gasteiger partial charge is 0.351 e. The van der Waals surface area contributed by atoms with E-state index in [1.54, 1.807) is 24.3 Å². The summed E-state index contributed by atoms with van der Waals surface area (Å²) >= 11 is 0. The van der Waals surface area contributed by atoms with Crippen molar-refractivity contribution in [3.63, 3.8) is 0 Å². The Hall–Kier alpha value is -3.31. The van der Waals surface area contributed by atoms with Gasteiger partial charge in [0.15, 0.2) is 4.90 Å². The standard InChI is InChI=1S/C19H20N4O6S/c24-18(13-7-9-15(10-8-13)22-19(25)14-5-6-14)20-11-12-21-30(28,29)17-4-2-1-3-16(17)23(26)27/h1-4,7-10,14,21H,5-6,11-12H2,(H,20,24)(H,22,25). The monoisotopic (exact) mass is 432 g/mol. The summed E-state index contributed by atoms with van der Waals surface area (Å²) in [7, 11) is -4.10. The number of rotatable bonds is 9. The average Bonchev–Trinajstić information content (AvgIpc) is 3.57. The molecule has 0 aliphatic heterocycles. The molecule has 1 aliphatic rings. The molecule has 0 saturated heterocycles. The lowest BCUT2D eigenvalue weighted by molar-refractivity contribution is -0.387. The summed E-state index contributed by atoms with van der Waals surface area (Å²) < 4.78 is 26.8. The fourth-order valence-corrected chi connectivity index (χ4v) is 3.87. The molecule has 0 bridgehead atoms. The van der Waals surface area contributed by atoms with E-state index >= 15 is 0 Å². The zero-order valence-corrected chi connectivity index (χ0v) is 16.6. The molecule has 0 unspecified atom stereocenters. The minimum absolute atomic E-state index is 0.0150. The van der Waals surface area contributed by atoms with Crippen molar-refractivity contribution in [3.05, 3.63) is 64.2 Å². The predicted molar refractivity (Wildman–Crippen MR) is 108 cm³/mol. The van der Waals surface area contributed by atoms with Gasteiger partial charge in [0.2, 0.25) is 15.9 Å². The first-order chi connectivity index (χ1) is 14.3. The molecule has 0 atom stereocenters. The van der Waals surface area contributed by atoms with Crippen LogP contribution in [0.15, 0.2) is 53.4 Å². The zero-order valence-electron chi connectivity index (χ0n) is 15.8. The number of anilines is 1. The van der Waals surface area contributed by atoms with Crippen LogP contribution >= 0.6 is 0 Å². The summed E-state index contributed by atoms with van der Waals surface area (Å²) in [6.45, 7) is -0.158. The number of nitro benzene ring substituents is 1. The van der Waals surface area contributed by atoms with Crippen LogP contribution in [0.25, 0.3) is 0 Å². The number of hydrogen-bond donors (Lipinski definition) is 3. The third-order valence-corrected chi connectivity index (χ3v) is 5.93. The Morgan fingerprint density at radius 2 is 1.70 bits per heavy atom. The molecule has 1 aliphatic carbocycles. The summed E-state index contributed by atoms with van der Waals surface area (Å²) in [5, 5.41) is 16.3. The van der Waals surface area contributed by atoms with Crippen LogP contribution in [0.4, 0.5) is 11.4 Å². The Bertz CT molecular complexity index is 1060. The van der Waals surface area contributed by atoms with Crippen LogP contribution in [0.1, 0.15) is 23.2 Å². The maximum Gasteiger partial charge on any atom is 0.289 e. The van der Waals surface area contributed by atoms with Crippen molar-refractivity contribution in [3.8, 4) is 0 Å². The Balaban J connectivity index is 1.49. The van der Waals surface area contributed by atoms with Crippen molar-refractivity contribution in [1.29, 1.82) is 0 Å². The van der Waals surface area contributed by atoms with Gasteiger partial charge < -0.3 is 10.6 Å². The normalized spacial score (nSPS) is 13.5. The third kappa shape index (κ3) is 5.39. The van der Waals surface area contributed by atoms with Crippen molar-refractivity contribution < 1.29 is 22.9 Å². The van der Waals surface area contributed by atoms with E-state index in [9.17, 15) is 28.1 Å². The van der Waals surface area contributed by atoms with E-state index in [1.165, 1.54) is 12.1 Å². The van der Waals surface area contributed by atoms with E-state index in [4.69, 9.17) is 0 Å². The van der Waals surface area contributed by atoms with Gasteiger partial charge in [-0.15, -0.1) is 0 Å². The molecular formula is C19H20N4O6S. The van der Waals surface area contributed by atoms with Crippen molar-refractivity contribution in [2.24, 2.45) is 5.92 Å². The lowest BCUT2D eigenvalue weighted by Crippen LogP contribution is -2.34. The average molecular weight is 432 g/mol. The number of amides is 2. The molecule has 0 heterocycles. The highest BCUT2D eigenvalue weighted by atomic mass is 32.2. The molecule has 11 heteroatoms. The molecule has 30 heavy (non-hydrogen) atoms. The van der Waals surface area contributed by atoms with Crippen molar-refractivity contribution in [2.45, 2.75) is 17.7 Å². The molecule has 1 saturated carbocycles. The van der Waals surface area contributed by atoms with Crippen molar-refractivity contribution >= 4 is 33.2 Å². The van der Waals surface area contributed by atoms with Crippen LogP contribution in [-0.4, -0.2) is 38.2 Å². The molecule has 1 fully saturated rings. The summed E-state index contributed by atoms with van der Waals surface area (Å²) in [5.41, 5.74) is 0.421. The van der Waals surface area contributed by atoms with E-state index in [2.05, 4.69) is 15.4 Å². The minimum Gasteiger partial charge on any atom is -0.351 e. The SMILES string of the molecule is O=C(NCCNS(=O)(=O)c1ccccc1[N+](=O)[O-])c1ccc(NC(=O)C2CC2)cc1. The van der Waals surface area contributed by atoms with Crippen LogP contribution in [-0.2, 0) is 14.8 Å². The third-order valence-electron chi connectivity index (χ3n) is 4.42. The van der Waals surface area contributed by atoms with Gasteiger partial charge in [0, 0.05) is 36.3 Å². The molecule has 2 aromatic carbocycles. The van der Waals surface area contributed by atoms with E-state index in [-0.39, 0.29) is 24.9 Å². The van der Waals surface area contributed by atoms with Crippen LogP contribution in [0, 0.1) is 16.0 Å². The summed E-state index contributed by atoms with van der Waals surface area (Å²) in [6, 6.07) is 11.3. The van der Waals surface area contributed by atoms with Gasteiger partial charge in [-0.05, 0) is 43.2 Å². The van der Waals surface area contributed by atoms with Gasteiger partial charge in [0.05, 0.1) is 4.92 Å². The number of para-hydroxylation sites is 1. The van der Waals surface area contributed by atoms with Gasteiger partial charge in [-0.1, -0.05) is 12.1 Å². The summed E-state index contributed by atoms with van der Waals surface area (Å²) in [4.78, 5) is 33.7. The van der Waals surface area contributed by atoms with Crippen LogP contribution in [0.3, 0.4) is 0 Å². The molecule has 2 amide bonds. The number of carbonyl (C=O) groups is 2. The highest BCUT2D eigenvalue weighted by Crippen LogP contribution is 2.30. The smallest absolute Gasteiger partial charge is 0.289 e. The summed E-state index contributed by atoms with van der Waals surface area (Å²) in [6.07, 6.45) is 1.79. The van der Waals surface area contributed by atoms with E-state index < -0.39 is 31.4 Å². The number of nitrogens with zero attached hydrogens (tertiary/aromatic N) is 1. The van der Waals surface area contributed by atoms with Crippen molar-refractivity contribution in [1.82, 2.24) is 10.0 Å². The van der Waals surface area contributed by atoms with E-state index in [0.29, 0.717) is 11.3 Å². The number of hydrogen-bond acceptors (Lipinski definition) is 6. The zero-order chi connectivity index (χ0) is 21.7. The highest BCUT2D eigenvalue weighted by Gasteiger charge is 2.29. The van der Waals surface area contributed by atoms with E-state index in [0.717, 1.165) is 25.0 Å². The number of nitrogens with one attached hydrogen (secondary N) is 3. The van der Waals surface area contributed by atoms with Crippen LogP contribution < -0.4 is 15.4 Å². The highest BCUT2D eigenvalue weighted by molar-refractivity contribution is 7.89. The summed E-state index contributed by atoms with van der Waals surface area (Å²) in [5.74, 6) is -0.368. The fraction of sp³-hybridized carbons (Fsp3) is 0.263. The lowest BCUT2D eigenvalue weighted by Gasteiger charge is -2.09. The van der Waals surface area contributed by atoms with Crippen LogP contribution in [0.5, 0.6) is 0 Å². The Morgan fingerprint density at radius 1 is 1.03 bits per heavy atom.